The molecule has 0 amide bonds. The van der Waals surface area contributed by atoms with Crippen molar-refractivity contribution in [1.29, 1.82) is 0 Å². The molecule has 0 aliphatic rings. The van der Waals surface area contributed by atoms with Gasteiger partial charge in [-0.05, 0) is 24.6 Å². The van der Waals surface area contributed by atoms with Gasteiger partial charge in [0.05, 0.1) is 17.7 Å². The van der Waals surface area contributed by atoms with Crippen molar-refractivity contribution in [3.63, 3.8) is 0 Å². The molecular weight excluding hydrogens is 472 g/mol. The number of rotatable bonds is 9. The van der Waals surface area contributed by atoms with Gasteiger partial charge in [0, 0.05) is 37.5 Å². The van der Waals surface area contributed by atoms with E-state index in [2.05, 4.69) is 0 Å². The van der Waals surface area contributed by atoms with E-state index in [1.165, 1.54) is 27.9 Å². The van der Waals surface area contributed by atoms with Gasteiger partial charge >= 0.3 is 11.9 Å². The van der Waals surface area contributed by atoms with Gasteiger partial charge in [-0.3, -0.25) is 14.4 Å². The summed E-state index contributed by atoms with van der Waals surface area (Å²) in [6, 6.07) is 15.7. The maximum atomic E-state index is 12.3. The van der Waals surface area contributed by atoms with E-state index in [1.54, 1.807) is 24.3 Å². The Bertz CT molecular complexity index is 1220. The summed E-state index contributed by atoms with van der Waals surface area (Å²) >= 11 is 6.59. The molecule has 0 atom stereocenters. The van der Waals surface area contributed by atoms with E-state index in [0.29, 0.717) is 16.9 Å². The van der Waals surface area contributed by atoms with E-state index >= 15 is 0 Å². The molecule has 0 saturated carbocycles. The third kappa shape index (κ3) is 6.39. The van der Waals surface area contributed by atoms with E-state index in [-0.39, 0.29) is 46.6 Å². The fourth-order valence-corrected chi connectivity index (χ4v) is 3.91. The first-order chi connectivity index (χ1) is 16.7. The third-order valence-electron chi connectivity index (χ3n) is 4.91. The lowest BCUT2D eigenvalue weighted by molar-refractivity contribution is -0.132. The van der Waals surface area contributed by atoms with Crippen molar-refractivity contribution in [2.45, 2.75) is 33.8 Å². The Labute approximate surface area is 208 Å². The van der Waals surface area contributed by atoms with Gasteiger partial charge < -0.3 is 18.9 Å². The monoisotopic (exact) mass is 496 g/mol. The molecule has 0 heterocycles. The smallest absolute Gasteiger partial charge is 0.308 e. The van der Waals surface area contributed by atoms with Crippen LogP contribution in [0, 0.1) is 0 Å². The zero-order valence-corrected chi connectivity index (χ0v) is 20.6. The van der Waals surface area contributed by atoms with Crippen LogP contribution in [0.15, 0.2) is 54.6 Å². The summed E-state index contributed by atoms with van der Waals surface area (Å²) < 4.78 is 22.6. The fraction of sp³-hybridized carbons (Fsp3) is 0.222. The normalized spacial score (nSPS) is 10.4. The van der Waals surface area contributed by atoms with Crippen LogP contribution in [0.3, 0.4) is 0 Å². The molecule has 0 N–H and O–H groups in total. The van der Waals surface area contributed by atoms with Gasteiger partial charge in [0.15, 0.2) is 0 Å². The molecule has 3 rings (SSSR count). The van der Waals surface area contributed by atoms with Gasteiger partial charge in [0.2, 0.25) is 0 Å². The van der Waals surface area contributed by atoms with Crippen LogP contribution in [0.5, 0.6) is 23.0 Å². The van der Waals surface area contributed by atoms with E-state index in [4.69, 9.17) is 30.5 Å². The number of halogens is 1. The second-order valence-corrected chi connectivity index (χ2v) is 8.12. The van der Waals surface area contributed by atoms with Crippen LogP contribution in [0.4, 0.5) is 0 Å². The van der Waals surface area contributed by atoms with Gasteiger partial charge in [-0.2, -0.15) is 0 Å². The number of hydrogen-bond acceptors (Lipinski definition) is 7. The number of ether oxygens (including phenoxy) is 4. The van der Waals surface area contributed by atoms with E-state index in [9.17, 15) is 14.4 Å². The lowest BCUT2D eigenvalue weighted by Crippen LogP contribution is -2.10. The first-order valence-corrected chi connectivity index (χ1v) is 11.1. The van der Waals surface area contributed by atoms with Crippen molar-refractivity contribution < 1.29 is 33.3 Å². The lowest BCUT2D eigenvalue weighted by atomic mass is 9.93. The molecule has 0 aromatic heterocycles. The molecule has 35 heavy (non-hydrogen) atoms. The van der Waals surface area contributed by atoms with Crippen LogP contribution in [0.2, 0.25) is 5.02 Å². The van der Waals surface area contributed by atoms with Crippen LogP contribution >= 0.6 is 11.6 Å². The summed E-state index contributed by atoms with van der Waals surface area (Å²) in [5.41, 5.74) is 1.92. The number of benzene rings is 3. The lowest BCUT2D eigenvalue weighted by Gasteiger charge is -2.22. The maximum Gasteiger partial charge on any atom is 0.308 e. The highest BCUT2D eigenvalue weighted by atomic mass is 35.5. The largest absolute Gasteiger partial charge is 0.495 e. The highest BCUT2D eigenvalue weighted by Gasteiger charge is 2.28. The predicted octanol–water partition coefficient (Wildman–Crippen LogP) is 5.58. The number of carbonyl (C=O) groups excluding carboxylic acids is 3. The molecule has 3 aromatic carbocycles. The van der Waals surface area contributed by atoms with Crippen LogP contribution < -0.4 is 18.9 Å². The Hall–Kier alpha value is -3.84. The summed E-state index contributed by atoms with van der Waals surface area (Å²) in [5.74, 6) is -0.550. The Balaban J connectivity index is 2.32. The number of methoxy groups -OCH3 is 1. The van der Waals surface area contributed by atoms with Crippen LogP contribution in [-0.2, 0) is 27.4 Å². The van der Waals surface area contributed by atoms with Crippen molar-refractivity contribution in [3.8, 4) is 34.1 Å². The SMILES string of the molecule is COc1c(Cl)cc(OCc2ccccc2)c(CC(C)=O)c1-c1c(OC(C)=O)cccc1OC(C)=O. The van der Waals surface area contributed by atoms with Crippen LogP contribution in [0.1, 0.15) is 31.9 Å². The Morgan fingerprint density at radius 3 is 1.91 bits per heavy atom. The predicted molar refractivity (Wildman–Crippen MR) is 131 cm³/mol. The molecule has 3 aromatic rings. The van der Waals surface area contributed by atoms with E-state index in [1.807, 2.05) is 30.3 Å². The van der Waals surface area contributed by atoms with Gasteiger partial charge in [-0.15, -0.1) is 0 Å². The quantitative estimate of drug-likeness (QED) is 0.282. The Morgan fingerprint density at radius 1 is 0.800 bits per heavy atom. The molecule has 0 spiro atoms. The topological polar surface area (TPSA) is 88.1 Å². The summed E-state index contributed by atoms with van der Waals surface area (Å²) in [4.78, 5) is 36.1. The van der Waals surface area contributed by atoms with Gasteiger partial charge in [-0.1, -0.05) is 48.0 Å². The Kier molecular flexibility index (Phi) is 8.49. The van der Waals surface area contributed by atoms with Crippen molar-refractivity contribution in [1.82, 2.24) is 0 Å². The van der Waals surface area contributed by atoms with Crippen molar-refractivity contribution in [2.24, 2.45) is 0 Å². The molecule has 0 aliphatic heterocycles. The van der Waals surface area contributed by atoms with Gasteiger partial charge in [-0.25, -0.2) is 0 Å². The average Bonchev–Trinajstić information content (AvgIpc) is 2.79. The number of esters is 2. The summed E-state index contributed by atoms with van der Waals surface area (Å²) in [6.07, 6.45) is -0.0408. The van der Waals surface area contributed by atoms with Crippen molar-refractivity contribution >= 4 is 29.3 Å². The van der Waals surface area contributed by atoms with Gasteiger partial charge in [0.25, 0.3) is 0 Å². The molecule has 0 aliphatic carbocycles. The first-order valence-electron chi connectivity index (χ1n) is 10.8. The molecule has 8 heteroatoms. The molecule has 0 unspecified atom stereocenters. The fourth-order valence-electron chi connectivity index (χ4n) is 3.64. The number of Topliss-reactive ketones (excluding diaryl/α,β-unsaturated/α-hetero) is 1. The molecule has 0 radical (unpaired) electrons. The van der Waals surface area contributed by atoms with Crippen molar-refractivity contribution in [2.75, 3.05) is 7.11 Å². The number of hydrogen-bond donors (Lipinski definition) is 0. The van der Waals surface area contributed by atoms with Gasteiger partial charge in [0.1, 0.15) is 35.4 Å². The summed E-state index contributed by atoms with van der Waals surface area (Å²) in [5, 5.41) is 0.198. The maximum absolute atomic E-state index is 12.3. The minimum atomic E-state index is -0.583. The highest BCUT2D eigenvalue weighted by molar-refractivity contribution is 6.33. The number of carbonyl (C=O) groups is 3. The zero-order valence-electron chi connectivity index (χ0n) is 19.8. The molecule has 0 saturated heterocycles. The minimum Gasteiger partial charge on any atom is -0.495 e. The molecule has 0 fully saturated rings. The summed E-state index contributed by atoms with van der Waals surface area (Å²) in [7, 11) is 1.42. The third-order valence-corrected chi connectivity index (χ3v) is 5.19. The minimum absolute atomic E-state index is 0.0408. The van der Waals surface area contributed by atoms with Crippen LogP contribution in [-0.4, -0.2) is 24.8 Å². The molecule has 182 valence electrons. The van der Waals surface area contributed by atoms with Crippen molar-refractivity contribution in [3.05, 3.63) is 70.7 Å². The molecule has 0 bridgehead atoms. The zero-order chi connectivity index (χ0) is 25.5. The Morgan fingerprint density at radius 2 is 1.40 bits per heavy atom. The summed E-state index contributed by atoms with van der Waals surface area (Å²) in [6.45, 7) is 4.16. The second-order valence-electron chi connectivity index (χ2n) is 7.71. The van der Waals surface area contributed by atoms with E-state index < -0.39 is 11.9 Å². The molecule has 7 nitrogen and oxygen atoms in total. The number of ketones is 1. The standard InChI is InChI=1S/C27H25ClO7/c1-16(29)13-20-24(33-15-19-9-6-5-7-10-19)14-21(28)27(32-4)25(20)26-22(34-17(2)30)11-8-12-23(26)35-18(3)31/h5-12,14H,13,15H2,1-4H3. The highest BCUT2D eigenvalue weighted by Crippen LogP contribution is 2.50. The first kappa shape index (κ1) is 25.8. The second kappa shape index (κ2) is 11.5. The van der Waals surface area contributed by atoms with E-state index in [0.717, 1.165) is 5.56 Å². The van der Waals surface area contributed by atoms with Crippen LogP contribution in [0.25, 0.3) is 11.1 Å². The molecular formula is C27H25ClO7. The average molecular weight is 497 g/mol.